The summed E-state index contributed by atoms with van der Waals surface area (Å²) >= 11 is 1.86. The highest BCUT2D eigenvalue weighted by Gasteiger charge is 1.90. The first-order valence-corrected chi connectivity index (χ1v) is 5.91. The van der Waals surface area contributed by atoms with Gasteiger partial charge in [-0.05, 0) is 24.3 Å². The van der Waals surface area contributed by atoms with E-state index >= 15 is 0 Å². The van der Waals surface area contributed by atoms with Gasteiger partial charge in [0.2, 0.25) is 0 Å². The molecule has 1 heterocycles. The van der Waals surface area contributed by atoms with Gasteiger partial charge in [-0.2, -0.15) is 11.8 Å². The Morgan fingerprint density at radius 1 is 1.29 bits per heavy atom. The van der Waals surface area contributed by atoms with Gasteiger partial charge in [-0.3, -0.25) is 4.98 Å². The van der Waals surface area contributed by atoms with Gasteiger partial charge in [0.1, 0.15) is 0 Å². The molecule has 0 spiro atoms. The van der Waals surface area contributed by atoms with E-state index in [9.17, 15) is 0 Å². The highest BCUT2D eigenvalue weighted by atomic mass is 32.2. The monoisotopic (exact) mass is 212 g/mol. The predicted molar refractivity (Wildman–Crippen MR) is 61.8 cm³/mol. The first kappa shape index (κ1) is 11.3. The standard InChI is InChI=1S/C10H16N2OS/c13-7-1-8-14-9-6-12-10-2-4-11-5-3-10/h2-5,13H,1,6-9H2,(H,11,12). The molecule has 1 aromatic rings. The van der Waals surface area contributed by atoms with E-state index in [4.69, 9.17) is 5.11 Å². The highest BCUT2D eigenvalue weighted by molar-refractivity contribution is 7.99. The van der Waals surface area contributed by atoms with Gasteiger partial charge in [-0.25, -0.2) is 0 Å². The first-order valence-electron chi connectivity index (χ1n) is 4.76. The number of aliphatic hydroxyl groups excluding tert-OH is 1. The van der Waals surface area contributed by atoms with Crippen LogP contribution in [0.1, 0.15) is 6.42 Å². The predicted octanol–water partition coefficient (Wildman–Crippen LogP) is 1.61. The van der Waals surface area contributed by atoms with Crippen LogP contribution >= 0.6 is 11.8 Å². The molecular formula is C10H16N2OS. The number of hydrogen-bond donors (Lipinski definition) is 2. The fourth-order valence-electron chi connectivity index (χ4n) is 1.01. The van der Waals surface area contributed by atoms with Crippen LogP contribution in [0.4, 0.5) is 5.69 Å². The number of thioether (sulfide) groups is 1. The van der Waals surface area contributed by atoms with Crippen molar-refractivity contribution in [2.24, 2.45) is 0 Å². The van der Waals surface area contributed by atoms with Crippen molar-refractivity contribution in [1.29, 1.82) is 0 Å². The first-order chi connectivity index (χ1) is 6.93. The number of anilines is 1. The van der Waals surface area contributed by atoms with Crippen molar-refractivity contribution in [1.82, 2.24) is 4.98 Å². The number of hydrogen-bond acceptors (Lipinski definition) is 4. The lowest BCUT2D eigenvalue weighted by Gasteiger charge is -2.04. The molecule has 0 unspecified atom stereocenters. The number of nitrogens with zero attached hydrogens (tertiary/aromatic N) is 1. The summed E-state index contributed by atoms with van der Waals surface area (Å²) in [5, 5.41) is 11.9. The molecule has 78 valence electrons. The topological polar surface area (TPSA) is 45.1 Å². The van der Waals surface area contributed by atoms with Crippen LogP contribution < -0.4 is 5.32 Å². The minimum atomic E-state index is 0.296. The van der Waals surface area contributed by atoms with Crippen LogP contribution in [0, 0.1) is 0 Å². The van der Waals surface area contributed by atoms with Crippen LogP contribution in [-0.2, 0) is 0 Å². The molecule has 0 aliphatic heterocycles. The van der Waals surface area contributed by atoms with E-state index < -0.39 is 0 Å². The second-order valence-electron chi connectivity index (χ2n) is 2.85. The van der Waals surface area contributed by atoms with Gasteiger partial charge in [0.25, 0.3) is 0 Å². The van der Waals surface area contributed by atoms with E-state index in [-0.39, 0.29) is 0 Å². The van der Waals surface area contributed by atoms with E-state index in [2.05, 4.69) is 10.3 Å². The molecule has 4 heteroatoms. The molecule has 0 saturated carbocycles. The minimum absolute atomic E-state index is 0.296. The van der Waals surface area contributed by atoms with Crippen molar-refractivity contribution in [3.05, 3.63) is 24.5 Å². The average molecular weight is 212 g/mol. The van der Waals surface area contributed by atoms with Gasteiger partial charge < -0.3 is 10.4 Å². The summed E-state index contributed by atoms with van der Waals surface area (Å²) in [5.41, 5.74) is 1.11. The zero-order valence-corrected chi connectivity index (χ0v) is 8.96. The Morgan fingerprint density at radius 3 is 2.79 bits per heavy atom. The van der Waals surface area contributed by atoms with Gasteiger partial charge in [-0.1, -0.05) is 0 Å². The Balaban J connectivity index is 1.99. The van der Waals surface area contributed by atoms with Crippen molar-refractivity contribution >= 4 is 17.4 Å². The second kappa shape index (κ2) is 7.64. The molecule has 14 heavy (non-hydrogen) atoms. The summed E-state index contributed by atoms with van der Waals surface area (Å²) in [6.07, 6.45) is 4.45. The number of aliphatic hydroxyl groups is 1. The van der Waals surface area contributed by atoms with Crippen molar-refractivity contribution in [3.8, 4) is 0 Å². The second-order valence-corrected chi connectivity index (χ2v) is 4.08. The van der Waals surface area contributed by atoms with Crippen LogP contribution in [-0.4, -0.2) is 34.7 Å². The maximum atomic E-state index is 8.56. The summed E-state index contributed by atoms with van der Waals surface area (Å²) in [6.45, 7) is 1.25. The molecule has 0 saturated heterocycles. The van der Waals surface area contributed by atoms with Gasteiger partial charge in [0.05, 0.1) is 0 Å². The smallest absolute Gasteiger partial charge is 0.0438 e. The molecule has 2 N–H and O–H groups in total. The molecule has 1 aromatic heterocycles. The molecule has 0 aromatic carbocycles. The van der Waals surface area contributed by atoms with Crippen LogP contribution in [0.3, 0.4) is 0 Å². The summed E-state index contributed by atoms with van der Waals surface area (Å²) in [6, 6.07) is 3.91. The van der Waals surface area contributed by atoms with Crippen LogP contribution in [0.2, 0.25) is 0 Å². The lowest BCUT2D eigenvalue weighted by molar-refractivity contribution is 0.296. The third kappa shape index (κ3) is 5.09. The van der Waals surface area contributed by atoms with Gasteiger partial charge >= 0.3 is 0 Å². The quantitative estimate of drug-likeness (QED) is 0.674. The molecular weight excluding hydrogens is 196 g/mol. The third-order valence-electron chi connectivity index (χ3n) is 1.70. The van der Waals surface area contributed by atoms with Crippen LogP contribution in [0.25, 0.3) is 0 Å². The van der Waals surface area contributed by atoms with Crippen LogP contribution in [0.15, 0.2) is 24.5 Å². The van der Waals surface area contributed by atoms with Gasteiger partial charge in [-0.15, -0.1) is 0 Å². The summed E-state index contributed by atoms with van der Waals surface area (Å²) in [4.78, 5) is 3.94. The lowest BCUT2D eigenvalue weighted by Crippen LogP contribution is -2.04. The van der Waals surface area contributed by atoms with Gasteiger partial charge in [0, 0.05) is 37.0 Å². The number of aromatic nitrogens is 1. The molecule has 0 atom stereocenters. The molecule has 0 amide bonds. The lowest BCUT2D eigenvalue weighted by atomic mass is 10.4. The maximum Gasteiger partial charge on any atom is 0.0438 e. The fourth-order valence-corrected chi connectivity index (χ4v) is 1.79. The molecule has 1 rings (SSSR count). The van der Waals surface area contributed by atoms with Crippen molar-refractivity contribution in [3.63, 3.8) is 0 Å². The Hall–Kier alpha value is -0.740. The van der Waals surface area contributed by atoms with Crippen molar-refractivity contribution in [2.75, 3.05) is 30.0 Å². The largest absolute Gasteiger partial charge is 0.396 e. The summed E-state index contributed by atoms with van der Waals surface area (Å²) in [7, 11) is 0. The zero-order chi connectivity index (χ0) is 10.1. The number of nitrogens with one attached hydrogen (secondary N) is 1. The van der Waals surface area contributed by atoms with Gasteiger partial charge in [0.15, 0.2) is 0 Å². The van der Waals surface area contributed by atoms with Crippen molar-refractivity contribution < 1.29 is 5.11 Å². The van der Waals surface area contributed by atoms with E-state index in [1.807, 2.05) is 23.9 Å². The number of pyridine rings is 1. The molecule has 0 aliphatic carbocycles. The normalized spacial score (nSPS) is 10.1. The fraction of sp³-hybridized carbons (Fsp3) is 0.500. The Bertz CT molecular complexity index is 231. The Kier molecular flexibility index (Phi) is 6.19. The highest BCUT2D eigenvalue weighted by Crippen LogP contribution is 2.05. The number of rotatable bonds is 7. The van der Waals surface area contributed by atoms with E-state index in [1.54, 1.807) is 12.4 Å². The molecule has 0 bridgehead atoms. The maximum absolute atomic E-state index is 8.56. The summed E-state index contributed by atoms with van der Waals surface area (Å²) in [5.74, 6) is 2.11. The average Bonchev–Trinajstić information content (AvgIpc) is 2.25. The summed E-state index contributed by atoms with van der Waals surface area (Å²) < 4.78 is 0. The Morgan fingerprint density at radius 2 is 2.07 bits per heavy atom. The van der Waals surface area contributed by atoms with Crippen LogP contribution in [0.5, 0.6) is 0 Å². The molecule has 0 radical (unpaired) electrons. The minimum Gasteiger partial charge on any atom is -0.396 e. The van der Waals surface area contributed by atoms with E-state index in [0.29, 0.717) is 6.61 Å². The molecule has 0 aliphatic rings. The Labute approximate surface area is 88.9 Å². The molecule has 3 nitrogen and oxygen atoms in total. The van der Waals surface area contributed by atoms with E-state index in [1.165, 1.54) is 0 Å². The van der Waals surface area contributed by atoms with Crippen molar-refractivity contribution in [2.45, 2.75) is 6.42 Å². The van der Waals surface area contributed by atoms with E-state index in [0.717, 1.165) is 30.2 Å². The zero-order valence-electron chi connectivity index (χ0n) is 8.15. The molecule has 0 fully saturated rings. The third-order valence-corrected chi connectivity index (χ3v) is 2.77. The SMILES string of the molecule is OCCCSCCNc1ccncc1.